The van der Waals surface area contributed by atoms with Gasteiger partial charge in [0, 0.05) is 62.8 Å². The summed E-state index contributed by atoms with van der Waals surface area (Å²) in [4.78, 5) is 83.4. The van der Waals surface area contributed by atoms with Crippen molar-refractivity contribution in [3.8, 4) is 0 Å². The van der Waals surface area contributed by atoms with Crippen molar-refractivity contribution in [3.05, 3.63) is 35.5 Å². The molecule has 328 valence electrons. The molecule has 18 heteroatoms. The third-order valence-corrected chi connectivity index (χ3v) is 15.1. The van der Waals surface area contributed by atoms with E-state index in [1.54, 1.807) is 41.5 Å². The van der Waals surface area contributed by atoms with Gasteiger partial charge in [0.05, 0.1) is 36.5 Å². The zero-order valence-electron chi connectivity index (χ0n) is 35.4. The molecule has 4 heterocycles. The van der Waals surface area contributed by atoms with Crippen molar-refractivity contribution in [1.29, 1.82) is 0 Å². The molecule has 4 aliphatic carbocycles. The molecule has 2 N–H and O–H groups in total. The topological polar surface area (TPSA) is 239 Å². The number of aliphatic hydroxyl groups is 2. The number of furan rings is 1. The van der Waals surface area contributed by atoms with Gasteiger partial charge in [-0.2, -0.15) is 0 Å². The van der Waals surface area contributed by atoms with Crippen LogP contribution in [0.2, 0.25) is 0 Å². The monoisotopic (exact) mass is 844 g/mol. The summed E-state index contributed by atoms with van der Waals surface area (Å²) in [5.74, 6) is -11.6. The largest absolute Gasteiger partial charge is 0.512 e. The standard InChI is InChI=1S/C42H52O18/c1-12-23(46)26-27-36(8,28(56-32(26)49)22-13-14-52-16-22)29(53-19(4)43)30(54-20(5)44)42-37(9)24(15-25(47)51-11)35(7)17-39(37)40(50,33(35)57-31(48)18(2)3)34(55-21(6)45)41(27,42)59-38(10,58-39)60-42/h13-14,16,18,24,27-30,33-34,46,50H,12,15,17H2,1-11H3/b26-23-/t24-,27+,28-,29-,30+,33?,34+,35+,36+,37+,38?,39?,40-,41+,42-/m0/s1. The average Bonchev–Trinajstić information content (AvgIpc) is 3.86. The summed E-state index contributed by atoms with van der Waals surface area (Å²) in [5, 5.41) is 26.2. The fraction of sp³-hybridized carbons (Fsp3) is 0.714. The Bertz CT molecular complexity index is 2110. The van der Waals surface area contributed by atoms with Crippen LogP contribution in [0.15, 0.2) is 34.3 Å². The fourth-order valence-corrected chi connectivity index (χ4v) is 13.6. The first-order chi connectivity index (χ1) is 27.9. The fourth-order valence-electron chi connectivity index (χ4n) is 13.6. The maximum atomic E-state index is 14.8. The third-order valence-electron chi connectivity index (χ3n) is 15.1. The van der Waals surface area contributed by atoms with Crippen LogP contribution in [0.1, 0.15) is 100 Å². The quantitative estimate of drug-likeness (QED) is 0.157. The summed E-state index contributed by atoms with van der Waals surface area (Å²) in [6, 6.07) is 1.50. The molecule has 0 amide bonds. The number of fused-ring (bicyclic) bond motifs is 3. The highest BCUT2D eigenvalue weighted by Crippen LogP contribution is 2.90. The van der Waals surface area contributed by atoms with E-state index < -0.39 is 146 Å². The van der Waals surface area contributed by atoms with E-state index in [1.165, 1.54) is 32.6 Å². The van der Waals surface area contributed by atoms with Crippen molar-refractivity contribution in [1.82, 2.24) is 0 Å². The van der Waals surface area contributed by atoms with Gasteiger partial charge in [0.25, 0.3) is 5.97 Å². The van der Waals surface area contributed by atoms with Crippen LogP contribution in [0.5, 0.6) is 0 Å². The van der Waals surface area contributed by atoms with Crippen molar-refractivity contribution in [3.63, 3.8) is 0 Å². The highest BCUT2D eigenvalue weighted by atomic mass is 16.9. The molecule has 0 aromatic carbocycles. The second kappa shape index (κ2) is 12.8. The van der Waals surface area contributed by atoms with E-state index >= 15 is 0 Å². The Morgan fingerprint density at radius 1 is 0.900 bits per heavy atom. The Morgan fingerprint density at radius 3 is 2.08 bits per heavy atom. The number of aliphatic hydroxyl groups excluding tert-OH is 1. The molecule has 3 unspecified atom stereocenters. The lowest BCUT2D eigenvalue weighted by molar-refractivity contribution is -0.490. The van der Waals surface area contributed by atoms with E-state index in [-0.39, 0.29) is 18.4 Å². The Hall–Kier alpha value is -4.52. The predicted molar refractivity (Wildman–Crippen MR) is 196 cm³/mol. The van der Waals surface area contributed by atoms with Gasteiger partial charge in [-0.1, -0.05) is 41.5 Å². The van der Waals surface area contributed by atoms with Gasteiger partial charge >= 0.3 is 35.8 Å². The van der Waals surface area contributed by atoms with Gasteiger partial charge in [0.2, 0.25) is 0 Å². The lowest BCUT2D eigenvalue weighted by Gasteiger charge is -2.78. The summed E-state index contributed by atoms with van der Waals surface area (Å²) < 4.78 is 63.8. The SMILES string of the molecule is CC/C(O)=C1/C(=O)O[C@@H](c2ccoc2)[C@@]2(C)[C@@H]1[C@@]13OC4(C)OC56C[C@@](C)(C(OC(=O)C(C)C)[C@]5(O)[C@H]1OC(C)=O)[C@H](CC(=O)OC)[C@@]6(C)[C@@]3(O4)[C@H](OC(C)=O)[C@@H]2OC(C)=O. The van der Waals surface area contributed by atoms with Crippen LogP contribution in [0.4, 0.5) is 0 Å². The molecule has 8 rings (SSSR count). The van der Waals surface area contributed by atoms with Gasteiger partial charge in [-0.15, -0.1) is 0 Å². The molecule has 2 spiro atoms. The highest BCUT2D eigenvalue weighted by Gasteiger charge is 3.07. The average molecular weight is 845 g/mol. The maximum Gasteiger partial charge on any atom is 0.338 e. The molecule has 60 heavy (non-hydrogen) atoms. The summed E-state index contributed by atoms with van der Waals surface area (Å²) in [7, 11) is 1.19. The minimum absolute atomic E-state index is 0.169. The van der Waals surface area contributed by atoms with Gasteiger partial charge in [-0.05, 0) is 18.4 Å². The Morgan fingerprint density at radius 2 is 1.53 bits per heavy atom. The highest BCUT2D eigenvalue weighted by molar-refractivity contribution is 5.92. The van der Waals surface area contributed by atoms with Gasteiger partial charge in [-0.25, -0.2) is 4.79 Å². The van der Waals surface area contributed by atoms with E-state index in [9.17, 15) is 39.0 Å². The number of allylic oxidation sites excluding steroid dienone is 1. The van der Waals surface area contributed by atoms with Crippen LogP contribution < -0.4 is 0 Å². The van der Waals surface area contributed by atoms with Gasteiger partial charge in [0.1, 0.15) is 23.6 Å². The number of carbonyl (C=O) groups excluding carboxylic acids is 6. The molecular formula is C42H52O18. The van der Waals surface area contributed by atoms with Crippen LogP contribution in [0, 0.1) is 34.0 Å². The molecule has 0 radical (unpaired) electrons. The van der Waals surface area contributed by atoms with Gasteiger partial charge < -0.3 is 57.3 Å². The summed E-state index contributed by atoms with van der Waals surface area (Å²) >= 11 is 0. The smallest absolute Gasteiger partial charge is 0.338 e. The molecule has 4 bridgehead atoms. The van der Waals surface area contributed by atoms with E-state index in [0.717, 1.165) is 20.8 Å². The minimum atomic E-state index is -2.63. The number of rotatable bonds is 9. The molecule has 15 atom stereocenters. The first-order valence-corrected chi connectivity index (χ1v) is 20.1. The molecule has 7 aliphatic rings. The number of hydrogen-bond donors (Lipinski definition) is 2. The first-order valence-electron chi connectivity index (χ1n) is 20.1. The summed E-state index contributed by atoms with van der Waals surface area (Å²) in [6.45, 7) is 14.4. The Kier molecular flexibility index (Phi) is 8.97. The number of esters is 6. The van der Waals surface area contributed by atoms with Crippen LogP contribution in [0.3, 0.4) is 0 Å². The van der Waals surface area contributed by atoms with Crippen LogP contribution in [0.25, 0.3) is 0 Å². The third kappa shape index (κ3) is 4.52. The Labute approximate surface area is 345 Å². The number of carbonyl (C=O) groups is 6. The zero-order valence-corrected chi connectivity index (χ0v) is 35.4. The van der Waals surface area contributed by atoms with Crippen molar-refractivity contribution in [2.24, 2.45) is 34.0 Å². The van der Waals surface area contributed by atoms with Crippen molar-refractivity contribution >= 4 is 35.8 Å². The van der Waals surface area contributed by atoms with Crippen molar-refractivity contribution in [2.75, 3.05) is 7.11 Å². The maximum absolute atomic E-state index is 14.8. The van der Waals surface area contributed by atoms with E-state index in [0.29, 0.717) is 0 Å². The molecular weight excluding hydrogens is 792 g/mol. The van der Waals surface area contributed by atoms with Crippen LogP contribution in [-0.2, 0) is 71.4 Å². The van der Waals surface area contributed by atoms with Crippen molar-refractivity contribution in [2.45, 2.75) is 147 Å². The molecule has 3 aliphatic heterocycles. The molecule has 3 saturated heterocycles. The molecule has 4 saturated carbocycles. The van der Waals surface area contributed by atoms with Crippen LogP contribution >= 0.6 is 0 Å². The Balaban J connectivity index is 1.61. The second-order valence-electron chi connectivity index (χ2n) is 18.4. The number of cyclic esters (lactones) is 1. The van der Waals surface area contributed by atoms with Gasteiger partial charge in [0.15, 0.2) is 35.1 Å². The number of methoxy groups -OCH3 is 1. The normalized spacial score (nSPS) is 47.1. The minimum Gasteiger partial charge on any atom is -0.512 e. The molecule has 1 aromatic rings. The summed E-state index contributed by atoms with van der Waals surface area (Å²) in [6.07, 6.45) is -6.80. The molecule has 1 aromatic heterocycles. The van der Waals surface area contributed by atoms with Crippen LogP contribution in [-0.4, -0.2) is 106 Å². The van der Waals surface area contributed by atoms with E-state index in [2.05, 4.69) is 0 Å². The second-order valence-corrected chi connectivity index (χ2v) is 18.4. The lowest BCUT2D eigenvalue weighted by Crippen LogP contribution is -2.97. The van der Waals surface area contributed by atoms with Crippen molar-refractivity contribution < 1.29 is 86.0 Å². The van der Waals surface area contributed by atoms with Gasteiger partial charge in [-0.3, -0.25) is 24.0 Å². The predicted octanol–water partition coefficient (Wildman–Crippen LogP) is 3.42. The molecule has 7 fully saturated rings. The molecule has 18 nitrogen and oxygen atoms in total. The first kappa shape index (κ1) is 42.2. The summed E-state index contributed by atoms with van der Waals surface area (Å²) in [5.41, 5.74) is -15.0. The lowest BCUT2D eigenvalue weighted by atomic mass is 9.32. The number of ether oxygens (including phenoxy) is 9. The number of hydrogen-bond acceptors (Lipinski definition) is 18. The zero-order chi connectivity index (χ0) is 44.1. The van der Waals surface area contributed by atoms with E-state index in [1.807, 2.05) is 0 Å². The van der Waals surface area contributed by atoms with E-state index in [4.69, 9.17) is 47.0 Å².